The molecule has 0 aromatic carbocycles. The lowest BCUT2D eigenvalue weighted by molar-refractivity contribution is -0.129. The van der Waals surface area contributed by atoms with Crippen LogP contribution in [0.25, 0.3) is 0 Å². The summed E-state index contributed by atoms with van der Waals surface area (Å²) < 4.78 is 0. The van der Waals surface area contributed by atoms with Crippen molar-refractivity contribution in [2.24, 2.45) is 5.84 Å². The Morgan fingerprint density at radius 2 is 1.95 bits per heavy atom. The molecule has 0 saturated carbocycles. The van der Waals surface area contributed by atoms with Crippen molar-refractivity contribution in [1.82, 2.24) is 14.9 Å². The maximum atomic E-state index is 11.8. The Morgan fingerprint density at radius 1 is 1.37 bits per heavy atom. The summed E-state index contributed by atoms with van der Waals surface area (Å²) in [5, 5.41) is 3.10. The molecule has 1 amide bonds. The first kappa shape index (κ1) is 15.2. The predicted molar refractivity (Wildman–Crippen MR) is 75.7 cm³/mol. The number of anilines is 2. The van der Waals surface area contributed by atoms with Crippen molar-refractivity contribution in [1.29, 1.82) is 0 Å². The van der Waals surface area contributed by atoms with Gasteiger partial charge in [0.15, 0.2) is 0 Å². The van der Waals surface area contributed by atoms with E-state index >= 15 is 0 Å². The average molecular weight is 266 g/mol. The molecule has 0 aliphatic rings. The van der Waals surface area contributed by atoms with E-state index in [0.717, 1.165) is 5.56 Å². The molecule has 7 heteroatoms. The van der Waals surface area contributed by atoms with Crippen LogP contribution in [0.4, 0.5) is 11.6 Å². The van der Waals surface area contributed by atoms with E-state index in [-0.39, 0.29) is 11.9 Å². The van der Waals surface area contributed by atoms with Crippen molar-refractivity contribution in [2.75, 3.05) is 24.8 Å². The quantitative estimate of drug-likeness (QED) is 0.531. The standard InChI is InChI=1S/C12H22N6O/c1-6-9-15-10(7(2)11(16-9)17-13)14-8(3)12(19)18(4)5/h8H,6,13H2,1-5H3,(H2,14,15,16,17). The van der Waals surface area contributed by atoms with Gasteiger partial charge in [-0.1, -0.05) is 6.92 Å². The summed E-state index contributed by atoms with van der Waals surface area (Å²) in [6, 6.07) is -0.362. The summed E-state index contributed by atoms with van der Waals surface area (Å²) in [6.45, 7) is 5.61. The van der Waals surface area contributed by atoms with E-state index in [2.05, 4.69) is 20.7 Å². The second-order valence-electron chi connectivity index (χ2n) is 4.56. The Balaban J connectivity index is 3.03. The second-order valence-corrected chi connectivity index (χ2v) is 4.56. The van der Waals surface area contributed by atoms with Gasteiger partial charge >= 0.3 is 0 Å². The van der Waals surface area contributed by atoms with Gasteiger partial charge in [-0.3, -0.25) is 4.79 Å². The Bertz CT molecular complexity index is 460. The number of nitrogens with zero attached hydrogens (tertiary/aromatic N) is 3. The molecule has 7 nitrogen and oxygen atoms in total. The molecule has 1 atom stereocenters. The Hall–Kier alpha value is -1.89. The zero-order valence-corrected chi connectivity index (χ0v) is 12.1. The predicted octanol–water partition coefficient (Wildman–Crippen LogP) is 0.522. The first-order valence-electron chi connectivity index (χ1n) is 6.22. The Morgan fingerprint density at radius 3 is 2.42 bits per heavy atom. The van der Waals surface area contributed by atoms with Gasteiger partial charge in [-0.15, -0.1) is 0 Å². The van der Waals surface area contributed by atoms with Crippen LogP contribution in [0, 0.1) is 6.92 Å². The number of rotatable bonds is 5. The van der Waals surface area contributed by atoms with Crippen molar-refractivity contribution in [3.63, 3.8) is 0 Å². The van der Waals surface area contributed by atoms with E-state index in [1.165, 1.54) is 4.90 Å². The molecule has 0 fully saturated rings. The van der Waals surface area contributed by atoms with E-state index in [1.54, 1.807) is 21.0 Å². The second kappa shape index (κ2) is 6.33. The number of likely N-dealkylation sites (N-methyl/N-ethyl adjacent to an activating group) is 1. The number of carbonyl (C=O) groups excluding carboxylic acids is 1. The third-order valence-electron chi connectivity index (χ3n) is 2.81. The summed E-state index contributed by atoms with van der Waals surface area (Å²) >= 11 is 0. The highest BCUT2D eigenvalue weighted by Gasteiger charge is 2.17. The number of nitrogen functional groups attached to an aromatic ring is 1. The molecule has 0 aliphatic heterocycles. The zero-order chi connectivity index (χ0) is 14.6. The van der Waals surface area contributed by atoms with Gasteiger partial charge in [-0.05, 0) is 13.8 Å². The van der Waals surface area contributed by atoms with E-state index < -0.39 is 0 Å². The number of aryl methyl sites for hydroxylation is 1. The molecule has 106 valence electrons. The van der Waals surface area contributed by atoms with E-state index in [1.807, 2.05) is 13.8 Å². The van der Waals surface area contributed by atoms with Crippen LogP contribution in [0.2, 0.25) is 0 Å². The SMILES string of the molecule is CCc1nc(NN)c(C)c(NC(C)C(=O)N(C)C)n1. The van der Waals surface area contributed by atoms with Crippen LogP contribution < -0.4 is 16.6 Å². The van der Waals surface area contributed by atoms with Crippen LogP contribution in [0.3, 0.4) is 0 Å². The molecule has 0 spiro atoms. The average Bonchev–Trinajstić information content (AvgIpc) is 2.39. The molecule has 4 N–H and O–H groups in total. The summed E-state index contributed by atoms with van der Waals surface area (Å²) in [7, 11) is 3.44. The molecule has 0 bridgehead atoms. The fourth-order valence-electron chi connectivity index (χ4n) is 1.66. The molecule has 1 unspecified atom stereocenters. The lowest BCUT2D eigenvalue weighted by atomic mass is 10.2. The van der Waals surface area contributed by atoms with Gasteiger partial charge < -0.3 is 15.6 Å². The molecule has 0 radical (unpaired) electrons. The van der Waals surface area contributed by atoms with E-state index in [4.69, 9.17) is 5.84 Å². The van der Waals surface area contributed by atoms with Crippen LogP contribution in [0.5, 0.6) is 0 Å². The molecule has 1 rings (SSSR count). The number of aromatic nitrogens is 2. The van der Waals surface area contributed by atoms with Gasteiger partial charge in [-0.2, -0.15) is 0 Å². The van der Waals surface area contributed by atoms with Crippen molar-refractivity contribution >= 4 is 17.5 Å². The lowest BCUT2D eigenvalue weighted by Crippen LogP contribution is -2.37. The van der Waals surface area contributed by atoms with Gasteiger partial charge in [0, 0.05) is 26.1 Å². The molecule has 1 heterocycles. The van der Waals surface area contributed by atoms with E-state index in [9.17, 15) is 4.79 Å². The summed E-state index contributed by atoms with van der Waals surface area (Å²) in [6.07, 6.45) is 0.694. The number of hydrazine groups is 1. The van der Waals surface area contributed by atoms with E-state index in [0.29, 0.717) is 23.9 Å². The molecular weight excluding hydrogens is 244 g/mol. The van der Waals surface area contributed by atoms with Crippen LogP contribution in [0.15, 0.2) is 0 Å². The highest BCUT2D eigenvalue weighted by molar-refractivity contribution is 5.84. The minimum absolute atomic E-state index is 0.0154. The third-order valence-corrected chi connectivity index (χ3v) is 2.81. The van der Waals surface area contributed by atoms with Crippen LogP contribution in [-0.4, -0.2) is 40.9 Å². The molecule has 1 aromatic rings. The zero-order valence-electron chi connectivity index (χ0n) is 12.1. The van der Waals surface area contributed by atoms with Gasteiger partial charge in [-0.25, -0.2) is 15.8 Å². The van der Waals surface area contributed by atoms with Crippen LogP contribution >= 0.6 is 0 Å². The van der Waals surface area contributed by atoms with Gasteiger partial charge in [0.25, 0.3) is 0 Å². The first-order valence-corrected chi connectivity index (χ1v) is 6.22. The maximum absolute atomic E-state index is 11.8. The third kappa shape index (κ3) is 3.54. The number of nitrogens with two attached hydrogens (primary N) is 1. The van der Waals surface area contributed by atoms with Gasteiger partial charge in [0.05, 0.1) is 0 Å². The number of carbonyl (C=O) groups is 1. The molecule has 19 heavy (non-hydrogen) atoms. The fraction of sp³-hybridized carbons (Fsp3) is 0.583. The maximum Gasteiger partial charge on any atom is 0.244 e. The van der Waals surface area contributed by atoms with Gasteiger partial charge in [0.2, 0.25) is 5.91 Å². The monoisotopic (exact) mass is 266 g/mol. The summed E-state index contributed by atoms with van der Waals surface area (Å²) in [4.78, 5) is 22.1. The van der Waals surface area contributed by atoms with Crippen LogP contribution in [-0.2, 0) is 11.2 Å². The van der Waals surface area contributed by atoms with Gasteiger partial charge in [0.1, 0.15) is 23.5 Å². The van der Waals surface area contributed by atoms with Crippen LogP contribution in [0.1, 0.15) is 25.2 Å². The number of amides is 1. The van der Waals surface area contributed by atoms with Crippen molar-refractivity contribution in [2.45, 2.75) is 33.2 Å². The normalized spacial score (nSPS) is 11.9. The minimum atomic E-state index is -0.362. The van der Waals surface area contributed by atoms with Crippen molar-refractivity contribution in [3.05, 3.63) is 11.4 Å². The highest BCUT2D eigenvalue weighted by Crippen LogP contribution is 2.20. The Kier molecular flexibility index (Phi) is 5.05. The number of nitrogens with one attached hydrogen (secondary N) is 2. The molecule has 0 saturated heterocycles. The summed E-state index contributed by atoms with van der Waals surface area (Å²) in [5.74, 6) is 7.29. The molecule has 0 aliphatic carbocycles. The fourth-order valence-corrected chi connectivity index (χ4v) is 1.66. The highest BCUT2D eigenvalue weighted by atomic mass is 16.2. The number of hydrogen-bond acceptors (Lipinski definition) is 6. The van der Waals surface area contributed by atoms with Crippen molar-refractivity contribution in [3.8, 4) is 0 Å². The smallest absolute Gasteiger partial charge is 0.244 e. The largest absolute Gasteiger partial charge is 0.358 e. The Labute approximate surface area is 113 Å². The minimum Gasteiger partial charge on any atom is -0.358 e. The molecular formula is C12H22N6O. The topological polar surface area (TPSA) is 96.2 Å². The number of hydrogen-bond donors (Lipinski definition) is 3. The first-order chi connectivity index (χ1) is 8.90. The van der Waals surface area contributed by atoms with Crippen molar-refractivity contribution < 1.29 is 4.79 Å². The summed E-state index contributed by atoms with van der Waals surface area (Å²) in [5.41, 5.74) is 3.34. The molecule has 1 aromatic heterocycles. The lowest BCUT2D eigenvalue weighted by Gasteiger charge is -2.20.